The van der Waals surface area contributed by atoms with Crippen LogP contribution in [0.15, 0.2) is 17.0 Å². The first kappa shape index (κ1) is 15.9. The molecule has 1 aromatic rings. The monoisotopic (exact) mass is 363 g/mol. The Morgan fingerprint density at radius 2 is 1.85 bits per heavy atom. The highest BCUT2D eigenvalue weighted by Crippen LogP contribution is 2.30. The van der Waals surface area contributed by atoms with Gasteiger partial charge in [0, 0.05) is 17.9 Å². The molecular weight excluding hydrogens is 345 g/mol. The van der Waals surface area contributed by atoms with Crippen LogP contribution >= 0.6 is 15.9 Å². The van der Waals surface area contributed by atoms with E-state index in [4.69, 9.17) is 0 Å². The lowest BCUT2D eigenvalue weighted by Crippen LogP contribution is -2.43. The van der Waals surface area contributed by atoms with E-state index in [0.29, 0.717) is 29.0 Å². The number of rotatable bonds is 2. The van der Waals surface area contributed by atoms with Crippen LogP contribution in [0.2, 0.25) is 0 Å². The molecule has 0 N–H and O–H groups in total. The van der Waals surface area contributed by atoms with Crippen molar-refractivity contribution in [3.8, 4) is 0 Å². The molecule has 2 unspecified atom stereocenters. The van der Waals surface area contributed by atoms with Gasteiger partial charge in [-0.15, -0.1) is 0 Å². The first-order valence-electron chi connectivity index (χ1n) is 6.64. The first-order valence-corrected chi connectivity index (χ1v) is 9.00. The lowest BCUT2D eigenvalue weighted by molar-refractivity contribution is 0.291. The third-order valence-corrected chi connectivity index (χ3v) is 7.32. The highest BCUT2D eigenvalue weighted by atomic mass is 79.9. The van der Waals surface area contributed by atoms with Crippen molar-refractivity contribution < 1.29 is 12.8 Å². The van der Waals surface area contributed by atoms with Crippen molar-refractivity contribution >= 4 is 26.0 Å². The van der Waals surface area contributed by atoms with Crippen LogP contribution in [-0.2, 0) is 10.0 Å². The van der Waals surface area contributed by atoms with Gasteiger partial charge in [0.05, 0.1) is 4.90 Å². The Hall–Kier alpha value is -0.460. The Kier molecular flexibility index (Phi) is 4.56. The highest BCUT2D eigenvalue weighted by molar-refractivity contribution is 9.09. The molecule has 2 rings (SSSR count). The molecule has 1 aromatic carbocycles. The van der Waals surface area contributed by atoms with Crippen LogP contribution in [0.3, 0.4) is 0 Å². The lowest BCUT2D eigenvalue weighted by atomic mass is 10.0. The second kappa shape index (κ2) is 5.73. The fourth-order valence-corrected chi connectivity index (χ4v) is 5.07. The summed E-state index contributed by atoms with van der Waals surface area (Å²) in [7, 11) is -3.55. The van der Waals surface area contributed by atoms with Gasteiger partial charge < -0.3 is 0 Å². The minimum absolute atomic E-state index is 0.249. The smallest absolute Gasteiger partial charge is 0.207 e. The van der Waals surface area contributed by atoms with E-state index in [1.807, 2.05) is 6.92 Å². The summed E-state index contributed by atoms with van der Waals surface area (Å²) in [6, 6.07) is 2.56. The largest absolute Gasteiger partial charge is 0.243 e. The minimum Gasteiger partial charge on any atom is -0.207 e. The molecule has 20 heavy (non-hydrogen) atoms. The fourth-order valence-electron chi connectivity index (χ4n) is 2.73. The van der Waals surface area contributed by atoms with E-state index in [1.165, 1.54) is 16.4 Å². The first-order chi connectivity index (χ1) is 9.23. The number of aryl methyl sites for hydroxylation is 2. The van der Waals surface area contributed by atoms with E-state index in [-0.39, 0.29) is 10.8 Å². The van der Waals surface area contributed by atoms with Gasteiger partial charge in [-0.3, -0.25) is 0 Å². The molecule has 1 aliphatic rings. The molecule has 0 radical (unpaired) electrons. The minimum atomic E-state index is -3.55. The van der Waals surface area contributed by atoms with Gasteiger partial charge in [-0.05, 0) is 49.4 Å². The summed E-state index contributed by atoms with van der Waals surface area (Å²) in [6.45, 7) is 6.31. The van der Waals surface area contributed by atoms with Gasteiger partial charge in [0.25, 0.3) is 0 Å². The summed E-state index contributed by atoms with van der Waals surface area (Å²) in [5, 5.41) is 0. The Labute approximate surface area is 128 Å². The Morgan fingerprint density at radius 3 is 2.35 bits per heavy atom. The van der Waals surface area contributed by atoms with Crippen LogP contribution < -0.4 is 0 Å². The maximum Gasteiger partial charge on any atom is 0.243 e. The standard InChI is InChI=1S/C14H19BrFNO2S/c1-9-6-12(16)7-10(2)14(9)20(18,19)17-5-4-13(15)11(3)8-17/h6-7,11,13H,4-5,8H2,1-3H3. The van der Waals surface area contributed by atoms with Crippen LogP contribution in [-0.4, -0.2) is 30.6 Å². The molecule has 0 amide bonds. The van der Waals surface area contributed by atoms with E-state index in [9.17, 15) is 12.8 Å². The van der Waals surface area contributed by atoms with Crippen LogP contribution in [0.25, 0.3) is 0 Å². The van der Waals surface area contributed by atoms with Gasteiger partial charge in [-0.25, -0.2) is 12.8 Å². The number of sulfonamides is 1. The number of benzene rings is 1. The Balaban J connectivity index is 2.41. The summed E-state index contributed by atoms with van der Waals surface area (Å²) in [4.78, 5) is 0.600. The number of halogens is 2. The highest BCUT2D eigenvalue weighted by Gasteiger charge is 2.34. The maximum absolute atomic E-state index is 13.3. The van der Waals surface area contributed by atoms with Crippen LogP contribution in [0.5, 0.6) is 0 Å². The topological polar surface area (TPSA) is 37.4 Å². The van der Waals surface area contributed by atoms with Gasteiger partial charge in [0.2, 0.25) is 10.0 Å². The number of alkyl halides is 1. The zero-order chi connectivity index (χ0) is 15.1. The third-order valence-electron chi connectivity index (χ3n) is 3.79. The zero-order valence-electron chi connectivity index (χ0n) is 11.9. The molecule has 0 bridgehead atoms. The molecule has 0 aliphatic carbocycles. The van der Waals surface area contributed by atoms with Gasteiger partial charge >= 0.3 is 0 Å². The van der Waals surface area contributed by atoms with E-state index in [2.05, 4.69) is 15.9 Å². The van der Waals surface area contributed by atoms with Crippen LogP contribution in [0, 0.1) is 25.6 Å². The summed E-state index contributed by atoms with van der Waals surface area (Å²) < 4.78 is 40.4. The van der Waals surface area contributed by atoms with E-state index >= 15 is 0 Å². The number of hydrogen-bond donors (Lipinski definition) is 0. The van der Waals surface area contributed by atoms with Gasteiger partial charge in [0.15, 0.2) is 0 Å². The summed E-state index contributed by atoms with van der Waals surface area (Å²) in [5.74, 6) is -0.133. The molecule has 0 spiro atoms. The fraction of sp³-hybridized carbons (Fsp3) is 0.571. The summed E-state index contributed by atoms with van der Waals surface area (Å²) in [6.07, 6.45) is 0.791. The average molecular weight is 364 g/mol. The van der Waals surface area contributed by atoms with Crippen molar-refractivity contribution in [3.63, 3.8) is 0 Å². The predicted octanol–water partition coefficient (Wildman–Crippen LogP) is 3.24. The molecule has 2 atom stereocenters. The quantitative estimate of drug-likeness (QED) is 0.756. The van der Waals surface area contributed by atoms with Crippen molar-refractivity contribution in [2.24, 2.45) is 5.92 Å². The zero-order valence-corrected chi connectivity index (χ0v) is 14.3. The number of hydrogen-bond acceptors (Lipinski definition) is 2. The second-order valence-corrected chi connectivity index (χ2v) is 8.56. The van der Waals surface area contributed by atoms with Crippen molar-refractivity contribution in [2.45, 2.75) is 36.9 Å². The van der Waals surface area contributed by atoms with Gasteiger partial charge in [-0.2, -0.15) is 4.31 Å². The summed E-state index contributed by atoms with van der Waals surface area (Å²) in [5.41, 5.74) is 0.937. The summed E-state index contributed by atoms with van der Waals surface area (Å²) >= 11 is 3.57. The molecule has 112 valence electrons. The molecule has 6 heteroatoms. The molecule has 1 heterocycles. The van der Waals surface area contributed by atoms with Gasteiger partial charge in [-0.1, -0.05) is 22.9 Å². The Morgan fingerprint density at radius 1 is 1.30 bits per heavy atom. The average Bonchev–Trinajstić information content (AvgIpc) is 2.30. The molecule has 1 saturated heterocycles. The van der Waals surface area contributed by atoms with Crippen molar-refractivity contribution in [1.29, 1.82) is 0 Å². The van der Waals surface area contributed by atoms with Gasteiger partial charge in [0.1, 0.15) is 5.82 Å². The van der Waals surface area contributed by atoms with Crippen molar-refractivity contribution in [3.05, 3.63) is 29.1 Å². The Bertz CT molecular complexity index is 595. The molecule has 3 nitrogen and oxygen atoms in total. The number of nitrogens with zero attached hydrogens (tertiary/aromatic N) is 1. The molecule has 0 saturated carbocycles. The third kappa shape index (κ3) is 2.92. The van der Waals surface area contributed by atoms with E-state index < -0.39 is 15.8 Å². The molecular formula is C14H19BrFNO2S. The van der Waals surface area contributed by atoms with E-state index in [0.717, 1.165) is 6.42 Å². The van der Waals surface area contributed by atoms with Crippen LogP contribution in [0.4, 0.5) is 4.39 Å². The van der Waals surface area contributed by atoms with Crippen molar-refractivity contribution in [1.82, 2.24) is 4.31 Å². The van der Waals surface area contributed by atoms with E-state index in [1.54, 1.807) is 13.8 Å². The maximum atomic E-state index is 13.3. The van der Waals surface area contributed by atoms with Crippen molar-refractivity contribution in [2.75, 3.05) is 13.1 Å². The SMILES string of the molecule is Cc1cc(F)cc(C)c1S(=O)(=O)N1CCC(Br)C(C)C1. The second-order valence-electron chi connectivity index (χ2n) is 5.51. The lowest BCUT2D eigenvalue weighted by Gasteiger charge is -2.34. The molecule has 1 fully saturated rings. The molecule has 1 aliphatic heterocycles. The number of piperidine rings is 1. The normalized spacial score (nSPS) is 24.9. The van der Waals surface area contributed by atoms with Crippen LogP contribution in [0.1, 0.15) is 24.5 Å². The predicted molar refractivity (Wildman–Crippen MR) is 81.1 cm³/mol. The molecule has 0 aromatic heterocycles.